The fourth-order valence-electron chi connectivity index (χ4n) is 0.777. The zero-order valence-corrected chi connectivity index (χ0v) is 7.50. The molecule has 4 nitrogen and oxygen atoms in total. The van der Waals surface area contributed by atoms with Crippen LogP contribution in [0.1, 0.15) is 5.01 Å². The first-order chi connectivity index (χ1) is 5.74. The lowest BCUT2D eigenvalue weighted by Crippen LogP contribution is -2.33. The van der Waals surface area contributed by atoms with Crippen LogP contribution in [0.3, 0.4) is 0 Å². The molecule has 0 saturated carbocycles. The van der Waals surface area contributed by atoms with Gasteiger partial charge in [-0.3, -0.25) is 4.79 Å². The van der Waals surface area contributed by atoms with E-state index in [2.05, 4.69) is 9.72 Å². The number of esters is 1. The molecule has 12 heavy (non-hydrogen) atoms. The van der Waals surface area contributed by atoms with Crippen LogP contribution in [-0.4, -0.2) is 24.1 Å². The fourth-order valence-corrected chi connectivity index (χ4v) is 1.45. The average molecular weight is 186 g/mol. The van der Waals surface area contributed by atoms with E-state index in [0.29, 0.717) is 6.42 Å². The Labute approximate surface area is 74.4 Å². The summed E-state index contributed by atoms with van der Waals surface area (Å²) in [4.78, 5) is 14.9. The molecule has 1 rings (SSSR count). The van der Waals surface area contributed by atoms with Crippen molar-refractivity contribution in [3.05, 3.63) is 16.6 Å². The highest BCUT2D eigenvalue weighted by molar-refractivity contribution is 7.09. The first-order valence-electron chi connectivity index (χ1n) is 3.46. The summed E-state index contributed by atoms with van der Waals surface area (Å²) in [6.45, 7) is 0. The number of methoxy groups -OCH3 is 1. The van der Waals surface area contributed by atoms with Crippen LogP contribution in [0.25, 0.3) is 0 Å². The predicted molar refractivity (Wildman–Crippen MR) is 45.8 cm³/mol. The monoisotopic (exact) mass is 186 g/mol. The molecular weight excluding hydrogens is 176 g/mol. The van der Waals surface area contributed by atoms with E-state index in [0.717, 1.165) is 5.01 Å². The predicted octanol–water partition coefficient (Wildman–Crippen LogP) is 0.186. The summed E-state index contributed by atoms with van der Waals surface area (Å²) >= 11 is 1.48. The third kappa shape index (κ3) is 2.28. The molecule has 2 N–H and O–H groups in total. The summed E-state index contributed by atoms with van der Waals surface area (Å²) in [5, 5.41) is 2.70. The number of thiazole rings is 1. The Balaban J connectivity index is 2.47. The standard InChI is InChI=1S/C7H10N2O2S/c1-11-7(10)5(8)4-6-9-2-3-12-6/h2-3,5H,4,8H2,1H3. The zero-order valence-electron chi connectivity index (χ0n) is 6.69. The van der Waals surface area contributed by atoms with Crippen LogP contribution >= 0.6 is 11.3 Å². The molecule has 1 aromatic heterocycles. The number of rotatable bonds is 3. The Morgan fingerprint density at radius 1 is 1.92 bits per heavy atom. The van der Waals surface area contributed by atoms with E-state index in [-0.39, 0.29) is 0 Å². The number of nitrogens with two attached hydrogens (primary N) is 1. The van der Waals surface area contributed by atoms with Gasteiger partial charge >= 0.3 is 5.97 Å². The van der Waals surface area contributed by atoms with Crippen molar-refractivity contribution in [2.45, 2.75) is 12.5 Å². The molecule has 0 saturated heterocycles. The molecule has 0 aromatic carbocycles. The number of aromatic nitrogens is 1. The van der Waals surface area contributed by atoms with Crippen molar-refractivity contribution in [3.8, 4) is 0 Å². The van der Waals surface area contributed by atoms with Crippen LogP contribution in [0.15, 0.2) is 11.6 Å². The maximum atomic E-state index is 10.9. The summed E-state index contributed by atoms with van der Waals surface area (Å²) in [7, 11) is 1.32. The Morgan fingerprint density at radius 3 is 3.17 bits per heavy atom. The van der Waals surface area contributed by atoms with Gasteiger partial charge in [-0.1, -0.05) is 0 Å². The van der Waals surface area contributed by atoms with E-state index in [1.807, 2.05) is 5.38 Å². The molecule has 1 heterocycles. The van der Waals surface area contributed by atoms with Crippen molar-refractivity contribution in [2.75, 3.05) is 7.11 Å². The number of ether oxygens (including phenoxy) is 1. The summed E-state index contributed by atoms with van der Waals surface area (Å²) in [5.41, 5.74) is 5.51. The van der Waals surface area contributed by atoms with Crippen molar-refractivity contribution in [1.29, 1.82) is 0 Å². The Kier molecular flexibility index (Phi) is 3.19. The van der Waals surface area contributed by atoms with Gasteiger partial charge in [-0.25, -0.2) is 4.98 Å². The highest BCUT2D eigenvalue weighted by Crippen LogP contribution is 2.06. The maximum absolute atomic E-state index is 10.9. The van der Waals surface area contributed by atoms with Gasteiger partial charge in [0, 0.05) is 18.0 Å². The van der Waals surface area contributed by atoms with Crippen molar-refractivity contribution in [1.82, 2.24) is 4.98 Å². The Bertz CT molecular complexity index is 248. The number of hydrogen-bond donors (Lipinski definition) is 1. The van der Waals surface area contributed by atoms with Gasteiger partial charge in [0.2, 0.25) is 0 Å². The molecule has 5 heteroatoms. The third-order valence-corrected chi connectivity index (χ3v) is 2.18. The highest BCUT2D eigenvalue weighted by Gasteiger charge is 2.14. The van der Waals surface area contributed by atoms with Gasteiger partial charge in [-0.15, -0.1) is 11.3 Å². The largest absolute Gasteiger partial charge is 0.468 e. The van der Waals surface area contributed by atoms with Crippen LogP contribution in [-0.2, 0) is 16.0 Å². The zero-order chi connectivity index (χ0) is 8.97. The van der Waals surface area contributed by atoms with Crippen LogP contribution < -0.4 is 5.73 Å². The molecule has 66 valence electrons. The van der Waals surface area contributed by atoms with Gasteiger partial charge in [0.1, 0.15) is 6.04 Å². The lowest BCUT2D eigenvalue weighted by molar-refractivity contribution is -0.142. The molecule has 0 spiro atoms. The molecule has 0 radical (unpaired) electrons. The molecule has 1 unspecified atom stereocenters. The molecule has 1 aromatic rings. The number of carbonyl (C=O) groups is 1. The van der Waals surface area contributed by atoms with E-state index in [1.165, 1.54) is 18.4 Å². The van der Waals surface area contributed by atoms with Gasteiger partial charge in [0.15, 0.2) is 0 Å². The second-order valence-corrected chi connectivity index (χ2v) is 3.24. The van der Waals surface area contributed by atoms with Gasteiger partial charge < -0.3 is 10.5 Å². The van der Waals surface area contributed by atoms with E-state index in [1.54, 1.807) is 6.20 Å². The number of carbonyl (C=O) groups excluding carboxylic acids is 1. The highest BCUT2D eigenvalue weighted by atomic mass is 32.1. The van der Waals surface area contributed by atoms with E-state index < -0.39 is 12.0 Å². The van der Waals surface area contributed by atoms with Gasteiger partial charge in [0.05, 0.1) is 12.1 Å². The minimum atomic E-state index is -0.596. The Hall–Kier alpha value is -0.940. The average Bonchev–Trinajstić information content (AvgIpc) is 2.55. The van der Waals surface area contributed by atoms with Crippen LogP contribution in [0.4, 0.5) is 0 Å². The lowest BCUT2D eigenvalue weighted by Gasteiger charge is -2.05. The summed E-state index contributed by atoms with van der Waals surface area (Å²) < 4.78 is 4.47. The molecule has 0 bridgehead atoms. The fraction of sp³-hybridized carbons (Fsp3) is 0.429. The SMILES string of the molecule is COC(=O)C(N)Cc1nccs1. The smallest absolute Gasteiger partial charge is 0.323 e. The van der Waals surface area contributed by atoms with Crippen LogP contribution in [0.2, 0.25) is 0 Å². The minimum Gasteiger partial charge on any atom is -0.468 e. The van der Waals surface area contributed by atoms with Gasteiger partial charge in [-0.05, 0) is 0 Å². The Morgan fingerprint density at radius 2 is 2.67 bits per heavy atom. The molecule has 0 aliphatic heterocycles. The third-order valence-electron chi connectivity index (χ3n) is 1.38. The van der Waals surface area contributed by atoms with E-state index >= 15 is 0 Å². The molecule has 1 atom stereocenters. The van der Waals surface area contributed by atoms with E-state index in [9.17, 15) is 4.79 Å². The molecule has 0 amide bonds. The second kappa shape index (κ2) is 4.18. The topological polar surface area (TPSA) is 65.2 Å². The molecule has 0 aliphatic rings. The number of nitrogens with zero attached hydrogens (tertiary/aromatic N) is 1. The van der Waals surface area contributed by atoms with Gasteiger partial charge in [-0.2, -0.15) is 0 Å². The second-order valence-electron chi connectivity index (χ2n) is 2.26. The maximum Gasteiger partial charge on any atom is 0.323 e. The summed E-state index contributed by atoms with van der Waals surface area (Å²) in [6, 6.07) is -0.596. The quantitative estimate of drug-likeness (QED) is 0.684. The first kappa shape index (κ1) is 9.15. The van der Waals surface area contributed by atoms with Gasteiger partial charge in [0.25, 0.3) is 0 Å². The normalized spacial score (nSPS) is 12.5. The van der Waals surface area contributed by atoms with Crippen LogP contribution in [0, 0.1) is 0 Å². The van der Waals surface area contributed by atoms with Crippen molar-refractivity contribution in [3.63, 3.8) is 0 Å². The number of hydrogen-bond acceptors (Lipinski definition) is 5. The van der Waals surface area contributed by atoms with E-state index in [4.69, 9.17) is 5.73 Å². The van der Waals surface area contributed by atoms with Crippen LogP contribution in [0.5, 0.6) is 0 Å². The first-order valence-corrected chi connectivity index (χ1v) is 4.33. The molecular formula is C7H10N2O2S. The lowest BCUT2D eigenvalue weighted by atomic mass is 10.2. The summed E-state index contributed by atoms with van der Waals surface area (Å²) in [5.74, 6) is -0.398. The van der Waals surface area contributed by atoms with Crippen molar-refractivity contribution < 1.29 is 9.53 Å². The van der Waals surface area contributed by atoms with Crippen molar-refractivity contribution in [2.24, 2.45) is 5.73 Å². The molecule has 0 fully saturated rings. The summed E-state index contributed by atoms with van der Waals surface area (Å²) in [6.07, 6.45) is 2.13. The molecule has 0 aliphatic carbocycles. The minimum absolute atomic E-state index is 0.398. The van der Waals surface area contributed by atoms with Crippen molar-refractivity contribution >= 4 is 17.3 Å².